The summed E-state index contributed by atoms with van der Waals surface area (Å²) in [7, 11) is 0. The SMILES string of the molecule is CC(NC(=O)[C@@H](N)C(C)(C)C)c1cccc(N2CCCC2)c1.Cl.Cl. The van der Waals surface area contributed by atoms with E-state index in [0.717, 1.165) is 18.7 Å². The molecule has 0 radical (unpaired) electrons. The molecule has 1 saturated heterocycles. The number of amides is 1. The van der Waals surface area contributed by atoms with Crippen LogP contribution in [0.1, 0.15) is 52.1 Å². The van der Waals surface area contributed by atoms with Gasteiger partial charge >= 0.3 is 0 Å². The third-order valence-electron chi connectivity index (χ3n) is 4.42. The highest BCUT2D eigenvalue weighted by Crippen LogP contribution is 2.24. The Labute approximate surface area is 158 Å². The molecule has 0 spiro atoms. The van der Waals surface area contributed by atoms with E-state index in [9.17, 15) is 4.79 Å². The van der Waals surface area contributed by atoms with Gasteiger partial charge in [0.15, 0.2) is 0 Å². The van der Waals surface area contributed by atoms with Crippen molar-refractivity contribution in [2.75, 3.05) is 18.0 Å². The summed E-state index contributed by atoms with van der Waals surface area (Å²) in [5.41, 5.74) is 8.17. The molecule has 1 unspecified atom stereocenters. The molecule has 6 heteroatoms. The van der Waals surface area contributed by atoms with Gasteiger partial charge in [0.05, 0.1) is 12.1 Å². The zero-order valence-corrected chi connectivity index (χ0v) is 16.7. The van der Waals surface area contributed by atoms with Gasteiger partial charge in [0.25, 0.3) is 0 Å². The number of rotatable bonds is 4. The Kier molecular flexibility index (Phi) is 9.11. The van der Waals surface area contributed by atoms with E-state index in [0.29, 0.717) is 0 Å². The fourth-order valence-electron chi connectivity index (χ4n) is 2.75. The fraction of sp³-hybridized carbons (Fsp3) is 0.611. The first-order chi connectivity index (χ1) is 10.3. The summed E-state index contributed by atoms with van der Waals surface area (Å²) < 4.78 is 0. The molecule has 4 nitrogen and oxygen atoms in total. The number of benzene rings is 1. The minimum Gasteiger partial charge on any atom is -0.372 e. The van der Waals surface area contributed by atoms with Crippen LogP contribution in [0.15, 0.2) is 24.3 Å². The predicted molar refractivity (Wildman–Crippen MR) is 106 cm³/mol. The quantitative estimate of drug-likeness (QED) is 0.843. The summed E-state index contributed by atoms with van der Waals surface area (Å²) in [6, 6.07) is 7.91. The second-order valence-corrected chi connectivity index (χ2v) is 7.36. The van der Waals surface area contributed by atoms with Gasteiger partial charge in [0.2, 0.25) is 5.91 Å². The van der Waals surface area contributed by atoms with Crippen LogP contribution in [-0.4, -0.2) is 25.0 Å². The topological polar surface area (TPSA) is 58.4 Å². The van der Waals surface area contributed by atoms with Crippen LogP contribution < -0.4 is 16.0 Å². The third kappa shape index (κ3) is 5.83. The summed E-state index contributed by atoms with van der Waals surface area (Å²) in [5, 5.41) is 3.04. The van der Waals surface area contributed by atoms with Crippen LogP contribution in [0.5, 0.6) is 0 Å². The van der Waals surface area contributed by atoms with Crippen molar-refractivity contribution in [3.63, 3.8) is 0 Å². The van der Waals surface area contributed by atoms with E-state index >= 15 is 0 Å². The molecule has 1 aromatic rings. The minimum atomic E-state index is -0.503. The van der Waals surface area contributed by atoms with Crippen molar-refractivity contribution in [2.45, 2.75) is 52.6 Å². The lowest BCUT2D eigenvalue weighted by molar-refractivity contribution is -0.125. The first-order valence-electron chi connectivity index (χ1n) is 8.20. The highest BCUT2D eigenvalue weighted by Gasteiger charge is 2.28. The number of nitrogens with one attached hydrogen (secondary N) is 1. The molecule has 1 aliphatic rings. The monoisotopic (exact) mass is 375 g/mol. The van der Waals surface area contributed by atoms with Crippen molar-refractivity contribution in [1.82, 2.24) is 5.32 Å². The van der Waals surface area contributed by atoms with Gasteiger partial charge in [-0.1, -0.05) is 32.9 Å². The molecule has 24 heavy (non-hydrogen) atoms. The maximum absolute atomic E-state index is 12.3. The Morgan fingerprint density at radius 1 is 1.21 bits per heavy atom. The average Bonchev–Trinajstić information content (AvgIpc) is 2.99. The van der Waals surface area contributed by atoms with Crippen LogP contribution in [0, 0.1) is 5.41 Å². The van der Waals surface area contributed by atoms with Crippen LogP contribution in [0.3, 0.4) is 0 Å². The highest BCUT2D eigenvalue weighted by atomic mass is 35.5. The van der Waals surface area contributed by atoms with Crippen LogP contribution in [0.2, 0.25) is 0 Å². The standard InChI is InChI=1S/C18H29N3O.2ClH/c1-13(20-17(22)16(19)18(2,3)4)14-8-7-9-15(12-14)21-10-5-6-11-21;;/h7-9,12-13,16H,5-6,10-11,19H2,1-4H3,(H,20,22);2*1H/t13?,16-;;/m1../s1. The number of halogens is 2. The van der Waals surface area contributed by atoms with E-state index in [4.69, 9.17) is 5.73 Å². The van der Waals surface area contributed by atoms with Crippen LogP contribution in [0.4, 0.5) is 5.69 Å². The van der Waals surface area contributed by atoms with E-state index in [1.807, 2.05) is 27.7 Å². The number of nitrogens with zero attached hydrogens (tertiary/aromatic N) is 1. The number of carbonyl (C=O) groups excluding carboxylic acids is 1. The third-order valence-corrected chi connectivity index (χ3v) is 4.42. The smallest absolute Gasteiger partial charge is 0.237 e. The van der Waals surface area contributed by atoms with Gasteiger partial charge in [-0.05, 0) is 42.9 Å². The number of hydrogen-bond acceptors (Lipinski definition) is 3. The Bertz CT molecular complexity index is 525. The molecular formula is C18H31Cl2N3O. The van der Waals surface area contributed by atoms with Crippen molar-refractivity contribution in [1.29, 1.82) is 0 Å². The molecular weight excluding hydrogens is 345 g/mol. The van der Waals surface area contributed by atoms with E-state index in [2.05, 4.69) is 34.5 Å². The van der Waals surface area contributed by atoms with Crippen molar-refractivity contribution < 1.29 is 4.79 Å². The predicted octanol–water partition coefficient (Wildman–Crippen LogP) is 3.68. The summed E-state index contributed by atoms with van der Waals surface area (Å²) in [4.78, 5) is 14.7. The zero-order chi connectivity index (χ0) is 16.3. The molecule has 2 rings (SSSR count). The lowest BCUT2D eigenvalue weighted by Gasteiger charge is -2.28. The van der Waals surface area contributed by atoms with Gasteiger partial charge < -0.3 is 16.0 Å². The Balaban J connectivity index is 0.00000264. The summed E-state index contributed by atoms with van der Waals surface area (Å²) in [6.45, 7) is 10.2. The molecule has 1 fully saturated rings. The van der Waals surface area contributed by atoms with Crippen LogP contribution in [-0.2, 0) is 4.79 Å². The van der Waals surface area contributed by atoms with Gasteiger partial charge in [0.1, 0.15) is 0 Å². The van der Waals surface area contributed by atoms with E-state index in [1.165, 1.54) is 18.5 Å². The number of carbonyl (C=O) groups is 1. The lowest BCUT2D eigenvalue weighted by atomic mass is 9.86. The Hall–Kier alpha value is -0.970. The van der Waals surface area contributed by atoms with Gasteiger partial charge in [0, 0.05) is 18.8 Å². The lowest BCUT2D eigenvalue weighted by Crippen LogP contribution is -2.49. The molecule has 1 aliphatic heterocycles. The molecule has 0 bridgehead atoms. The van der Waals surface area contributed by atoms with E-state index < -0.39 is 6.04 Å². The average molecular weight is 376 g/mol. The van der Waals surface area contributed by atoms with E-state index in [1.54, 1.807) is 0 Å². The summed E-state index contributed by atoms with van der Waals surface area (Å²) >= 11 is 0. The summed E-state index contributed by atoms with van der Waals surface area (Å²) in [5.74, 6) is -0.0911. The molecule has 0 aromatic heterocycles. The number of hydrogen-bond donors (Lipinski definition) is 2. The molecule has 2 atom stereocenters. The van der Waals surface area contributed by atoms with Crippen molar-refractivity contribution >= 4 is 36.4 Å². The molecule has 1 amide bonds. The maximum atomic E-state index is 12.3. The molecule has 138 valence electrons. The van der Waals surface area contributed by atoms with Crippen LogP contribution >= 0.6 is 24.8 Å². The van der Waals surface area contributed by atoms with Crippen LogP contribution in [0.25, 0.3) is 0 Å². The maximum Gasteiger partial charge on any atom is 0.237 e. The van der Waals surface area contributed by atoms with E-state index in [-0.39, 0.29) is 42.2 Å². The molecule has 0 saturated carbocycles. The molecule has 0 aliphatic carbocycles. The Morgan fingerprint density at radius 3 is 2.33 bits per heavy atom. The molecule has 1 heterocycles. The van der Waals surface area contributed by atoms with Gasteiger partial charge in [-0.25, -0.2) is 0 Å². The second kappa shape index (κ2) is 9.50. The number of nitrogens with two attached hydrogens (primary N) is 1. The normalized spacial score (nSPS) is 16.6. The van der Waals surface area contributed by atoms with Crippen molar-refractivity contribution in [3.8, 4) is 0 Å². The first-order valence-corrected chi connectivity index (χ1v) is 8.20. The van der Waals surface area contributed by atoms with Crippen molar-refractivity contribution in [2.24, 2.45) is 11.1 Å². The summed E-state index contributed by atoms with van der Waals surface area (Å²) in [6.07, 6.45) is 2.52. The Morgan fingerprint density at radius 2 is 1.79 bits per heavy atom. The van der Waals surface area contributed by atoms with Gasteiger partial charge in [-0.2, -0.15) is 0 Å². The minimum absolute atomic E-state index is 0. The molecule has 1 aromatic carbocycles. The highest BCUT2D eigenvalue weighted by molar-refractivity contribution is 5.85. The zero-order valence-electron chi connectivity index (χ0n) is 15.0. The second-order valence-electron chi connectivity index (χ2n) is 7.36. The number of anilines is 1. The molecule has 3 N–H and O–H groups in total. The largest absolute Gasteiger partial charge is 0.372 e. The first kappa shape index (κ1) is 23.0. The van der Waals surface area contributed by atoms with Crippen molar-refractivity contribution in [3.05, 3.63) is 29.8 Å². The fourth-order valence-corrected chi connectivity index (χ4v) is 2.75. The van der Waals surface area contributed by atoms with Gasteiger partial charge in [-0.3, -0.25) is 4.79 Å². The van der Waals surface area contributed by atoms with Gasteiger partial charge in [-0.15, -0.1) is 24.8 Å².